The highest BCUT2D eigenvalue weighted by molar-refractivity contribution is 8.00. The summed E-state index contributed by atoms with van der Waals surface area (Å²) in [6.07, 6.45) is 1.42. The highest BCUT2D eigenvalue weighted by Crippen LogP contribution is 2.33. The van der Waals surface area contributed by atoms with Gasteiger partial charge in [-0.25, -0.2) is 0 Å². The van der Waals surface area contributed by atoms with Gasteiger partial charge in [0.2, 0.25) is 0 Å². The van der Waals surface area contributed by atoms with Crippen LogP contribution >= 0.6 is 23.5 Å². The molecule has 0 amide bonds. The Balaban J connectivity index is 1.91. The highest BCUT2D eigenvalue weighted by atomic mass is 32.2. The molecule has 0 aromatic rings. The predicted octanol–water partition coefficient (Wildman–Crippen LogP) is 2.32. The Labute approximate surface area is 90.0 Å². The second kappa shape index (κ2) is 4.03. The molecule has 2 fully saturated rings. The fraction of sp³-hybridized carbons (Fsp3) is 1.00. The van der Waals surface area contributed by atoms with Crippen molar-refractivity contribution in [1.29, 1.82) is 0 Å². The van der Waals surface area contributed by atoms with E-state index in [0.717, 1.165) is 6.04 Å². The Kier molecular flexibility index (Phi) is 3.16. The second-order valence-corrected chi connectivity index (χ2v) is 7.55. The van der Waals surface area contributed by atoms with E-state index in [1.807, 2.05) is 0 Å². The molecule has 0 bridgehead atoms. The molecule has 2 aliphatic rings. The first-order valence-corrected chi connectivity index (χ1v) is 7.27. The van der Waals surface area contributed by atoms with Gasteiger partial charge in [-0.15, -0.1) is 0 Å². The maximum Gasteiger partial charge on any atom is 0.0231 e. The molecule has 0 aromatic heterocycles. The molecule has 1 nitrogen and oxygen atoms in total. The summed E-state index contributed by atoms with van der Waals surface area (Å²) in [6.45, 7) is 7.38. The molecule has 13 heavy (non-hydrogen) atoms. The Bertz CT molecular complexity index is 176. The van der Waals surface area contributed by atoms with E-state index >= 15 is 0 Å². The van der Waals surface area contributed by atoms with E-state index in [1.165, 1.54) is 36.8 Å². The van der Waals surface area contributed by atoms with Crippen LogP contribution in [0.2, 0.25) is 0 Å². The van der Waals surface area contributed by atoms with E-state index in [2.05, 4.69) is 42.3 Å². The first-order chi connectivity index (χ1) is 6.17. The van der Waals surface area contributed by atoms with Gasteiger partial charge in [0.25, 0.3) is 0 Å². The molecular weight excluding hydrogens is 198 g/mol. The van der Waals surface area contributed by atoms with Crippen LogP contribution in [-0.2, 0) is 0 Å². The lowest BCUT2D eigenvalue weighted by atomic mass is 10.1. The molecule has 0 N–H and O–H groups in total. The monoisotopic (exact) mass is 217 g/mol. The Morgan fingerprint density at radius 2 is 2.15 bits per heavy atom. The van der Waals surface area contributed by atoms with Gasteiger partial charge in [0, 0.05) is 35.4 Å². The van der Waals surface area contributed by atoms with Crippen molar-refractivity contribution in [1.82, 2.24) is 4.90 Å². The molecule has 0 aliphatic carbocycles. The van der Waals surface area contributed by atoms with Gasteiger partial charge in [0.1, 0.15) is 0 Å². The average molecular weight is 217 g/mol. The molecule has 2 heterocycles. The maximum absolute atomic E-state index is 2.72. The quantitative estimate of drug-likeness (QED) is 0.663. The van der Waals surface area contributed by atoms with Crippen LogP contribution < -0.4 is 0 Å². The third-order valence-electron chi connectivity index (χ3n) is 2.88. The normalized spacial score (nSPS) is 35.1. The highest BCUT2D eigenvalue weighted by Gasteiger charge is 2.32. The zero-order chi connectivity index (χ0) is 9.31. The van der Waals surface area contributed by atoms with Crippen LogP contribution in [0.5, 0.6) is 0 Å². The first-order valence-electron chi connectivity index (χ1n) is 5.13. The smallest absolute Gasteiger partial charge is 0.0231 e. The summed E-state index contributed by atoms with van der Waals surface area (Å²) in [5.74, 6) is 4.09. The Morgan fingerprint density at radius 1 is 1.31 bits per heavy atom. The third-order valence-corrected chi connectivity index (χ3v) is 5.32. The molecule has 2 aliphatic heterocycles. The largest absolute Gasteiger partial charge is 0.297 e. The van der Waals surface area contributed by atoms with Gasteiger partial charge in [-0.05, 0) is 26.0 Å². The molecule has 76 valence electrons. The molecule has 0 saturated carbocycles. The third kappa shape index (κ3) is 2.57. The van der Waals surface area contributed by atoms with Crippen molar-refractivity contribution >= 4 is 23.5 Å². The van der Waals surface area contributed by atoms with E-state index in [9.17, 15) is 0 Å². The molecule has 0 aromatic carbocycles. The minimum Gasteiger partial charge on any atom is -0.297 e. The van der Waals surface area contributed by atoms with Crippen LogP contribution in [0.3, 0.4) is 0 Å². The predicted molar refractivity (Wildman–Crippen MR) is 63.8 cm³/mol. The van der Waals surface area contributed by atoms with Gasteiger partial charge >= 0.3 is 0 Å². The van der Waals surface area contributed by atoms with Gasteiger partial charge in [0.05, 0.1) is 0 Å². The summed E-state index contributed by atoms with van der Waals surface area (Å²) in [5.41, 5.74) is 0. The first kappa shape index (κ1) is 10.2. The van der Waals surface area contributed by atoms with Crippen LogP contribution in [-0.4, -0.2) is 46.0 Å². The summed E-state index contributed by atoms with van der Waals surface area (Å²) in [7, 11) is 0. The number of nitrogens with zero attached hydrogens (tertiary/aromatic N) is 1. The van der Waals surface area contributed by atoms with Gasteiger partial charge in [-0.1, -0.05) is 0 Å². The number of thioether (sulfide) groups is 2. The minimum absolute atomic E-state index is 0.492. The SMILES string of the molecule is CC1(C)CN(C2CCSC2)CCS1. The molecule has 1 unspecified atom stereocenters. The molecule has 0 spiro atoms. The van der Waals surface area contributed by atoms with Crippen molar-refractivity contribution in [2.75, 3.05) is 30.3 Å². The number of hydrogen-bond acceptors (Lipinski definition) is 3. The van der Waals surface area contributed by atoms with Crippen LogP contribution in [0.1, 0.15) is 20.3 Å². The Morgan fingerprint density at radius 3 is 2.77 bits per heavy atom. The van der Waals surface area contributed by atoms with E-state index in [1.54, 1.807) is 0 Å². The lowest BCUT2D eigenvalue weighted by molar-refractivity contribution is 0.203. The summed E-state index contributed by atoms with van der Waals surface area (Å²) in [6, 6.07) is 0.894. The van der Waals surface area contributed by atoms with E-state index in [0.29, 0.717) is 4.75 Å². The Hall–Kier alpha value is 0.660. The van der Waals surface area contributed by atoms with Crippen molar-refractivity contribution in [3.63, 3.8) is 0 Å². The van der Waals surface area contributed by atoms with Crippen LogP contribution in [0.25, 0.3) is 0 Å². The fourth-order valence-electron chi connectivity index (χ4n) is 2.17. The lowest BCUT2D eigenvalue weighted by Crippen LogP contribution is -2.48. The topological polar surface area (TPSA) is 3.24 Å². The molecule has 0 radical (unpaired) electrons. The molecular formula is C10H19NS2. The van der Waals surface area contributed by atoms with Gasteiger partial charge in [0.15, 0.2) is 0 Å². The van der Waals surface area contributed by atoms with Crippen molar-refractivity contribution in [3.8, 4) is 0 Å². The van der Waals surface area contributed by atoms with Crippen LogP contribution in [0.15, 0.2) is 0 Å². The average Bonchev–Trinajstić information content (AvgIpc) is 2.53. The molecule has 3 heteroatoms. The van der Waals surface area contributed by atoms with Gasteiger partial charge in [-0.2, -0.15) is 23.5 Å². The minimum atomic E-state index is 0.492. The van der Waals surface area contributed by atoms with Crippen molar-refractivity contribution < 1.29 is 0 Å². The van der Waals surface area contributed by atoms with E-state index in [4.69, 9.17) is 0 Å². The second-order valence-electron chi connectivity index (χ2n) is 4.60. The van der Waals surface area contributed by atoms with E-state index < -0.39 is 0 Å². The number of rotatable bonds is 1. The zero-order valence-corrected chi connectivity index (χ0v) is 10.2. The maximum atomic E-state index is 2.72. The van der Waals surface area contributed by atoms with Crippen molar-refractivity contribution in [2.45, 2.75) is 31.1 Å². The fourth-order valence-corrected chi connectivity index (χ4v) is 4.57. The molecule has 2 saturated heterocycles. The number of hydrogen-bond donors (Lipinski definition) is 0. The molecule has 2 rings (SSSR count). The van der Waals surface area contributed by atoms with Crippen LogP contribution in [0, 0.1) is 0 Å². The van der Waals surface area contributed by atoms with Gasteiger partial charge < -0.3 is 0 Å². The van der Waals surface area contributed by atoms with Gasteiger partial charge in [-0.3, -0.25) is 4.90 Å². The summed E-state index contributed by atoms with van der Waals surface area (Å²) >= 11 is 4.26. The van der Waals surface area contributed by atoms with Crippen molar-refractivity contribution in [3.05, 3.63) is 0 Å². The van der Waals surface area contributed by atoms with Crippen LogP contribution in [0.4, 0.5) is 0 Å². The zero-order valence-electron chi connectivity index (χ0n) is 8.58. The summed E-state index contributed by atoms with van der Waals surface area (Å²) in [5, 5.41) is 0. The molecule has 1 atom stereocenters. The van der Waals surface area contributed by atoms with Crippen molar-refractivity contribution in [2.24, 2.45) is 0 Å². The summed E-state index contributed by atoms with van der Waals surface area (Å²) in [4.78, 5) is 2.72. The van der Waals surface area contributed by atoms with E-state index in [-0.39, 0.29) is 0 Å². The lowest BCUT2D eigenvalue weighted by Gasteiger charge is -2.40. The standard InChI is InChI=1S/C10H19NS2/c1-10(2)8-11(4-6-13-10)9-3-5-12-7-9/h9H,3-8H2,1-2H3. The summed E-state index contributed by atoms with van der Waals surface area (Å²) < 4.78 is 0.492.